The van der Waals surface area contributed by atoms with Crippen LogP contribution in [0.15, 0.2) is 22.5 Å². The Kier molecular flexibility index (Phi) is 5.91. The molecule has 0 amide bonds. The molecule has 6 heteroatoms. The Hall–Kier alpha value is -1.11. The van der Waals surface area contributed by atoms with E-state index < -0.39 is 0 Å². The number of nitrogens with one attached hydrogen (secondary N) is 1. The Balaban J connectivity index is 1.66. The van der Waals surface area contributed by atoms with Gasteiger partial charge in [0.2, 0.25) is 5.13 Å². The van der Waals surface area contributed by atoms with Crippen LogP contribution in [0.1, 0.15) is 31.4 Å². The summed E-state index contributed by atoms with van der Waals surface area (Å²) in [5.41, 5.74) is 3.86. The summed E-state index contributed by atoms with van der Waals surface area (Å²) in [5, 5.41) is 13.0. The number of benzene rings is 1. The highest BCUT2D eigenvalue weighted by Crippen LogP contribution is 2.32. The third-order valence-electron chi connectivity index (χ3n) is 4.10. The molecule has 3 rings (SSSR count). The number of rotatable bonds is 7. The first-order valence-electron chi connectivity index (χ1n) is 8.22. The molecule has 23 heavy (non-hydrogen) atoms. The molecule has 0 spiro atoms. The Morgan fingerprint density at radius 2 is 2.04 bits per heavy atom. The smallest absolute Gasteiger partial charge is 0.210 e. The normalized spacial score (nSPS) is 17.6. The molecule has 1 aromatic carbocycles. The van der Waals surface area contributed by atoms with Crippen molar-refractivity contribution in [2.24, 2.45) is 5.92 Å². The zero-order valence-corrected chi connectivity index (χ0v) is 15.3. The quantitative estimate of drug-likeness (QED) is 0.744. The van der Waals surface area contributed by atoms with Crippen molar-refractivity contribution in [3.05, 3.63) is 29.3 Å². The highest BCUT2D eigenvalue weighted by molar-refractivity contribution is 8.01. The standard InChI is InChI=1S/C17H23N3OS2/c1-3-13-6-5-7-14(4-2)15(13)18-16-19-20-17(23-16)22-11-12-8-9-21-10-12/h5-7,12H,3-4,8-11H2,1-2H3,(H,18,19). The van der Waals surface area contributed by atoms with E-state index in [2.05, 4.69) is 47.6 Å². The highest BCUT2D eigenvalue weighted by atomic mass is 32.2. The fraction of sp³-hybridized carbons (Fsp3) is 0.529. The number of hydrogen-bond acceptors (Lipinski definition) is 6. The molecule has 2 heterocycles. The number of para-hydroxylation sites is 1. The van der Waals surface area contributed by atoms with E-state index in [1.807, 2.05) is 0 Å². The van der Waals surface area contributed by atoms with Crippen molar-refractivity contribution in [2.75, 3.05) is 24.3 Å². The van der Waals surface area contributed by atoms with E-state index in [0.717, 1.165) is 41.3 Å². The van der Waals surface area contributed by atoms with Crippen molar-refractivity contribution in [3.8, 4) is 0 Å². The zero-order valence-electron chi connectivity index (χ0n) is 13.7. The molecule has 2 aromatic rings. The van der Waals surface area contributed by atoms with Gasteiger partial charge in [0.25, 0.3) is 0 Å². The Bertz CT molecular complexity index is 616. The summed E-state index contributed by atoms with van der Waals surface area (Å²) in [6, 6.07) is 6.49. The number of nitrogens with zero attached hydrogens (tertiary/aromatic N) is 2. The molecule has 4 nitrogen and oxygen atoms in total. The number of thioether (sulfide) groups is 1. The molecule has 0 saturated carbocycles. The summed E-state index contributed by atoms with van der Waals surface area (Å²) in [5.74, 6) is 1.73. The molecule has 0 aliphatic carbocycles. The van der Waals surface area contributed by atoms with Crippen LogP contribution in [-0.2, 0) is 17.6 Å². The number of aromatic nitrogens is 2. The van der Waals surface area contributed by atoms with Crippen molar-refractivity contribution >= 4 is 33.9 Å². The molecule has 0 bridgehead atoms. The third-order valence-corrected chi connectivity index (χ3v) is 6.31. The Morgan fingerprint density at radius 3 is 2.70 bits per heavy atom. The van der Waals surface area contributed by atoms with Crippen LogP contribution in [0.5, 0.6) is 0 Å². The minimum Gasteiger partial charge on any atom is -0.381 e. The van der Waals surface area contributed by atoms with Gasteiger partial charge in [-0.1, -0.05) is 55.1 Å². The summed E-state index contributed by atoms with van der Waals surface area (Å²) in [6.07, 6.45) is 3.19. The van der Waals surface area contributed by atoms with Crippen molar-refractivity contribution in [1.82, 2.24) is 10.2 Å². The van der Waals surface area contributed by atoms with Crippen molar-refractivity contribution < 1.29 is 4.74 Å². The predicted molar refractivity (Wildman–Crippen MR) is 98.0 cm³/mol. The maximum absolute atomic E-state index is 5.42. The molecule has 1 aliphatic heterocycles. The van der Waals surface area contributed by atoms with Gasteiger partial charge in [-0.25, -0.2) is 0 Å². The van der Waals surface area contributed by atoms with Crippen LogP contribution in [0.25, 0.3) is 0 Å². The molecule has 1 aromatic heterocycles. The first-order chi connectivity index (χ1) is 11.3. The van der Waals surface area contributed by atoms with Gasteiger partial charge in [-0.3, -0.25) is 0 Å². The molecule has 1 aliphatic rings. The lowest BCUT2D eigenvalue weighted by molar-refractivity contribution is 0.189. The minimum absolute atomic E-state index is 0.660. The maximum atomic E-state index is 5.42. The van der Waals surface area contributed by atoms with E-state index in [4.69, 9.17) is 4.74 Å². The molecule has 1 atom stereocenters. The van der Waals surface area contributed by atoms with Gasteiger partial charge in [0.05, 0.1) is 6.61 Å². The van der Waals surface area contributed by atoms with Crippen molar-refractivity contribution in [3.63, 3.8) is 0 Å². The second-order valence-corrected chi connectivity index (χ2v) is 7.94. The lowest BCUT2D eigenvalue weighted by Gasteiger charge is -2.13. The van der Waals surface area contributed by atoms with E-state index in [1.54, 1.807) is 23.1 Å². The molecular weight excluding hydrogens is 326 g/mol. The third kappa shape index (κ3) is 4.25. The van der Waals surface area contributed by atoms with E-state index in [1.165, 1.54) is 23.2 Å². The van der Waals surface area contributed by atoms with Crippen LogP contribution in [0.2, 0.25) is 0 Å². The molecule has 1 N–H and O–H groups in total. The van der Waals surface area contributed by atoms with Crippen molar-refractivity contribution in [2.45, 2.75) is 37.4 Å². The van der Waals surface area contributed by atoms with Gasteiger partial charge < -0.3 is 10.1 Å². The summed E-state index contributed by atoms with van der Waals surface area (Å²) < 4.78 is 6.46. The van der Waals surface area contributed by atoms with Gasteiger partial charge in [0.15, 0.2) is 4.34 Å². The van der Waals surface area contributed by atoms with E-state index in [0.29, 0.717) is 5.92 Å². The van der Waals surface area contributed by atoms with Gasteiger partial charge >= 0.3 is 0 Å². The Labute approximate surface area is 146 Å². The van der Waals surface area contributed by atoms with Crippen molar-refractivity contribution in [1.29, 1.82) is 0 Å². The number of aryl methyl sites for hydroxylation is 2. The summed E-state index contributed by atoms with van der Waals surface area (Å²) in [7, 11) is 0. The largest absolute Gasteiger partial charge is 0.381 e. The fourth-order valence-electron chi connectivity index (χ4n) is 2.73. The van der Waals surface area contributed by atoms with E-state index in [9.17, 15) is 0 Å². The van der Waals surface area contributed by atoms with Crippen LogP contribution in [0.3, 0.4) is 0 Å². The minimum atomic E-state index is 0.660. The molecule has 1 saturated heterocycles. The lowest BCUT2D eigenvalue weighted by atomic mass is 10.0. The van der Waals surface area contributed by atoms with Gasteiger partial charge in [0, 0.05) is 18.0 Å². The molecule has 1 unspecified atom stereocenters. The predicted octanol–water partition coefficient (Wildman–Crippen LogP) is 4.54. The zero-order chi connectivity index (χ0) is 16.1. The molecule has 124 valence electrons. The average molecular weight is 350 g/mol. The van der Waals surface area contributed by atoms with Crippen LogP contribution in [0.4, 0.5) is 10.8 Å². The number of hydrogen-bond donors (Lipinski definition) is 1. The van der Waals surface area contributed by atoms with Gasteiger partial charge in [-0.15, -0.1) is 10.2 Å². The lowest BCUT2D eigenvalue weighted by Crippen LogP contribution is -2.01. The second-order valence-electron chi connectivity index (χ2n) is 5.70. The van der Waals surface area contributed by atoms with Crippen LogP contribution in [-0.4, -0.2) is 29.2 Å². The molecule has 0 radical (unpaired) electrons. The summed E-state index contributed by atoms with van der Waals surface area (Å²) >= 11 is 3.43. The van der Waals surface area contributed by atoms with Gasteiger partial charge in [-0.2, -0.15) is 0 Å². The molecular formula is C17H23N3OS2. The number of anilines is 2. The first kappa shape index (κ1) is 16.7. The van der Waals surface area contributed by atoms with Gasteiger partial charge in [0.1, 0.15) is 0 Å². The average Bonchev–Trinajstić information content (AvgIpc) is 3.24. The van der Waals surface area contributed by atoms with E-state index in [-0.39, 0.29) is 0 Å². The topological polar surface area (TPSA) is 47.0 Å². The summed E-state index contributed by atoms with van der Waals surface area (Å²) in [6.45, 7) is 6.17. The van der Waals surface area contributed by atoms with Crippen LogP contribution >= 0.6 is 23.1 Å². The number of ether oxygens (including phenoxy) is 1. The first-order valence-corrected chi connectivity index (χ1v) is 10.0. The molecule has 1 fully saturated rings. The monoisotopic (exact) mass is 349 g/mol. The summed E-state index contributed by atoms with van der Waals surface area (Å²) in [4.78, 5) is 0. The van der Waals surface area contributed by atoms with E-state index >= 15 is 0 Å². The van der Waals surface area contributed by atoms with Crippen LogP contribution < -0.4 is 5.32 Å². The highest BCUT2D eigenvalue weighted by Gasteiger charge is 2.17. The maximum Gasteiger partial charge on any atom is 0.210 e. The fourth-order valence-corrected chi connectivity index (χ4v) is 4.63. The SMILES string of the molecule is CCc1cccc(CC)c1Nc1nnc(SCC2CCOC2)s1. The van der Waals surface area contributed by atoms with Gasteiger partial charge in [-0.05, 0) is 36.3 Å². The van der Waals surface area contributed by atoms with Crippen LogP contribution in [0, 0.1) is 5.92 Å². The second kappa shape index (κ2) is 8.13. The Morgan fingerprint density at radius 1 is 1.26 bits per heavy atom.